The maximum atomic E-state index is 14.1. The highest BCUT2D eigenvalue weighted by atomic mass is 19.4. The smallest absolute Gasteiger partial charge is 0.416 e. The zero-order valence-corrected chi connectivity index (χ0v) is 25.1. The number of anilines is 2. The van der Waals surface area contributed by atoms with Crippen molar-refractivity contribution in [1.29, 1.82) is 0 Å². The SMILES string of the molecule is CCN1CCN(Cc2ccc(NC(=O)c3ccc(C)c(Oc4ncnc5cc(NC)c(OC)cc45)c3)cc2C(F)(F)F)CC1. The van der Waals surface area contributed by atoms with Gasteiger partial charge in [-0.25, -0.2) is 9.97 Å². The summed E-state index contributed by atoms with van der Waals surface area (Å²) in [4.78, 5) is 26.1. The molecule has 1 amide bonds. The highest BCUT2D eigenvalue weighted by molar-refractivity contribution is 6.04. The van der Waals surface area contributed by atoms with Crippen molar-refractivity contribution in [2.24, 2.45) is 0 Å². The Morgan fingerprint density at radius 3 is 2.41 bits per heavy atom. The second kappa shape index (κ2) is 13.1. The van der Waals surface area contributed by atoms with Crippen LogP contribution in [0.5, 0.6) is 17.4 Å². The number of benzene rings is 3. The van der Waals surface area contributed by atoms with Gasteiger partial charge in [-0.15, -0.1) is 0 Å². The van der Waals surface area contributed by atoms with E-state index in [9.17, 15) is 18.0 Å². The summed E-state index contributed by atoms with van der Waals surface area (Å²) in [6.45, 7) is 8.07. The van der Waals surface area contributed by atoms with Crippen LogP contribution >= 0.6 is 0 Å². The number of halogens is 3. The Kier molecular flexibility index (Phi) is 9.21. The normalized spacial score (nSPS) is 14.4. The first-order chi connectivity index (χ1) is 21.1. The number of fused-ring (bicyclic) bond motifs is 1. The summed E-state index contributed by atoms with van der Waals surface area (Å²) < 4.78 is 53.9. The Morgan fingerprint density at radius 1 is 0.977 bits per heavy atom. The van der Waals surface area contributed by atoms with E-state index in [4.69, 9.17) is 9.47 Å². The van der Waals surface area contributed by atoms with Gasteiger partial charge < -0.3 is 25.0 Å². The molecule has 0 bridgehead atoms. The van der Waals surface area contributed by atoms with E-state index >= 15 is 0 Å². The summed E-state index contributed by atoms with van der Waals surface area (Å²) in [6, 6.07) is 12.4. The second-order valence-electron chi connectivity index (χ2n) is 10.6. The quantitative estimate of drug-likeness (QED) is 0.233. The number of alkyl halides is 3. The lowest BCUT2D eigenvalue weighted by Crippen LogP contribution is -2.45. The minimum Gasteiger partial charge on any atom is -0.495 e. The molecule has 1 aliphatic rings. The molecule has 3 aromatic carbocycles. The van der Waals surface area contributed by atoms with Crippen LogP contribution in [0.3, 0.4) is 0 Å². The van der Waals surface area contributed by atoms with Crippen molar-refractivity contribution in [3.63, 3.8) is 0 Å². The van der Waals surface area contributed by atoms with Crippen LogP contribution in [-0.2, 0) is 12.7 Å². The molecule has 0 atom stereocenters. The van der Waals surface area contributed by atoms with Gasteiger partial charge in [0.2, 0.25) is 5.88 Å². The molecular weight excluding hydrogens is 573 g/mol. The number of aromatic nitrogens is 2. The third kappa shape index (κ3) is 6.87. The Balaban J connectivity index is 1.36. The molecule has 12 heteroatoms. The lowest BCUT2D eigenvalue weighted by atomic mass is 10.0. The fourth-order valence-electron chi connectivity index (χ4n) is 5.22. The molecule has 232 valence electrons. The fourth-order valence-corrected chi connectivity index (χ4v) is 5.22. The van der Waals surface area contributed by atoms with Crippen LogP contribution in [-0.4, -0.2) is 72.6 Å². The standard InChI is InChI=1S/C32H35F3N6O3/c1-5-40-10-12-41(13-11-40)18-22-8-9-23(15-25(22)32(33,34)35)39-30(42)21-7-6-20(2)28(14-21)44-31-24-16-29(43-4)27(36-3)17-26(24)37-19-38-31/h6-9,14-17,19,36H,5,10-13,18H2,1-4H3,(H,39,42). The first-order valence-corrected chi connectivity index (χ1v) is 14.3. The van der Waals surface area contributed by atoms with Gasteiger partial charge in [0.05, 0.1) is 29.3 Å². The lowest BCUT2D eigenvalue weighted by Gasteiger charge is -2.34. The van der Waals surface area contributed by atoms with Crippen LogP contribution in [0.2, 0.25) is 0 Å². The minimum absolute atomic E-state index is 0.0548. The first-order valence-electron chi connectivity index (χ1n) is 14.3. The van der Waals surface area contributed by atoms with Crippen LogP contribution in [0.1, 0.15) is 34.0 Å². The van der Waals surface area contributed by atoms with Gasteiger partial charge in [0.1, 0.15) is 17.8 Å². The van der Waals surface area contributed by atoms with Crippen molar-refractivity contribution >= 4 is 28.2 Å². The van der Waals surface area contributed by atoms with E-state index in [0.717, 1.165) is 37.0 Å². The molecule has 44 heavy (non-hydrogen) atoms. The number of ether oxygens (including phenoxy) is 2. The molecule has 5 rings (SSSR count). The van der Waals surface area contributed by atoms with Gasteiger partial charge in [-0.1, -0.05) is 19.1 Å². The van der Waals surface area contributed by atoms with Crippen LogP contribution in [0, 0.1) is 6.92 Å². The van der Waals surface area contributed by atoms with Crippen molar-refractivity contribution in [3.8, 4) is 17.4 Å². The first kappa shape index (κ1) is 31.0. The molecule has 0 spiro atoms. The summed E-state index contributed by atoms with van der Waals surface area (Å²) in [6.07, 6.45) is -3.19. The van der Waals surface area contributed by atoms with Gasteiger partial charge in [-0.2, -0.15) is 13.2 Å². The Bertz CT molecular complexity index is 1650. The molecule has 1 fully saturated rings. The summed E-state index contributed by atoms with van der Waals surface area (Å²) in [5.41, 5.74) is 1.80. The van der Waals surface area contributed by atoms with Crippen molar-refractivity contribution in [1.82, 2.24) is 19.8 Å². The maximum absolute atomic E-state index is 14.1. The molecule has 2 N–H and O–H groups in total. The lowest BCUT2D eigenvalue weighted by molar-refractivity contribution is -0.138. The monoisotopic (exact) mass is 608 g/mol. The average molecular weight is 609 g/mol. The van der Waals surface area contributed by atoms with E-state index in [1.165, 1.54) is 24.5 Å². The van der Waals surface area contributed by atoms with E-state index < -0.39 is 17.6 Å². The molecule has 4 aromatic rings. The zero-order chi connectivity index (χ0) is 31.4. The number of nitrogens with zero attached hydrogens (tertiary/aromatic N) is 4. The van der Waals surface area contributed by atoms with Gasteiger partial charge >= 0.3 is 6.18 Å². The second-order valence-corrected chi connectivity index (χ2v) is 10.6. The number of piperazine rings is 1. The van der Waals surface area contributed by atoms with Gasteiger partial charge in [-0.3, -0.25) is 9.69 Å². The van der Waals surface area contributed by atoms with Crippen LogP contribution in [0.4, 0.5) is 24.5 Å². The number of nitrogens with one attached hydrogen (secondary N) is 2. The summed E-state index contributed by atoms with van der Waals surface area (Å²) in [5.74, 6) is 0.633. The number of likely N-dealkylation sites (N-methyl/N-ethyl adjacent to an activating group) is 1. The third-order valence-electron chi connectivity index (χ3n) is 7.83. The summed E-state index contributed by atoms with van der Waals surface area (Å²) in [7, 11) is 3.33. The summed E-state index contributed by atoms with van der Waals surface area (Å²) >= 11 is 0. The molecule has 2 heterocycles. The molecule has 0 radical (unpaired) electrons. The predicted octanol–water partition coefficient (Wildman–Crippen LogP) is 6.19. The van der Waals surface area contributed by atoms with E-state index in [1.54, 1.807) is 32.4 Å². The third-order valence-corrected chi connectivity index (χ3v) is 7.83. The molecule has 0 unspecified atom stereocenters. The number of methoxy groups -OCH3 is 1. The molecule has 1 aromatic heterocycles. The number of rotatable bonds is 9. The molecule has 1 saturated heterocycles. The van der Waals surface area contributed by atoms with E-state index in [2.05, 4.69) is 32.4 Å². The van der Waals surface area contributed by atoms with Crippen molar-refractivity contribution in [2.45, 2.75) is 26.6 Å². The molecule has 9 nitrogen and oxygen atoms in total. The predicted molar refractivity (Wildman–Crippen MR) is 164 cm³/mol. The van der Waals surface area contributed by atoms with E-state index in [-0.39, 0.29) is 29.2 Å². The minimum atomic E-state index is -4.57. The van der Waals surface area contributed by atoms with Crippen LogP contribution < -0.4 is 20.1 Å². The molecular formula is C32H35F3N6O3. The molecule has 0 aliphatic carbocycles. The van der Waals surface area contributed by atoms with E-state index in [0.29, 0.717) is 35.5 Å². The molecule has 1 aliphatic heterocycles. The average Bonchev–Trinajstić information content (AvgIpc) is 3.02. The number of amides is 1. The van der Waals surface area contributed by atoms with Gasteiger partial charge in [0.25, 0.3) is 5.91 Å². The zero-order valence-electron chi connectivity index (χ0n) is 25.1. The van der Waals surface area contributed by atoms with Crippen molar-refractivity contribution in [2.75, 3.05) is 57.5 Å². The van der Waals surface area contributed by atoms with Gasteiger partial charge in [0, 0.05) is 51.0 Å². The van der Waals surface area contributed by atoms with Crippen LogP contribution in [0.25, 0.3) is 10.9 Å². The highest BCUT2D eigenvalue weighted by Gasteiger charge is 2.34. The maximum Gasteiger partial charge on any atom is 0.416 e. The van der Waals surface area contributed by atoms with Gasteiger partial charge in [-0.05, 0) is 61.0 Å². The number of hydrogen-bond donors (Lipinski definition) is 2. The number of hydrogen-bond acceptors (Lipinski definition) is 8. The summed E-state index contributed by atoms with van der Waals surface area (Å²) in [5, 5.41) is 6.28. The number of aryl methyl sites for hydroxylation is 1. The van der Waals surface area contributed by atoms with Crippen molar-refractivity contribution < 1.29 is 27.4 Å². The fraction of sp³-hybridized carbons (Fsp3) is 0.344. The number of carbonyl (C=O) groups is 1. The van der Waals surface area contributed by atoms with E-state index in [1.807, 2.05) is 17.9 Å². The van der Waals surface area contributed by atoms with Crippen LogP contribution in [0.15, 0.2) is 54.9 Å². The van der Waals surface area contributed by atoms with Gasteiger partial charge in [0.15, 0.2) is 0 Å². The molecule has 0 saturated carbocycles. The number of carbonyl (C=O) groups excluding carboxylic acids is 1. The Labute approximate surface area is 254 Å². The van der Waals surface area contributed by atoms with Crippen molar-refractivity contribution in [3.05, 3.63) is 77.1 Å². The highest BCUT2D eigenvalue weighted by Crippen LogP contribution is 2.37. The largest absolute Gasteiger partial charge is 0.495 e. The Morgan fingerprint density at radius 2 is 1.73 bits per heavy atom. The Hall–Kier alpha value is -4.42. The topological polar surface area (TPSA) is 91.9 Å².